The molecule has 0 bridgehead atoms. The van der Waals surface area contributed by atoms with Gasteiger partial charge >= 0.3 is 12.1 Å². The summed E-state index contributed by atoms with van der Waals surface area (Å²) in [5, 5.41) is 0. The van der Waals surface area contributed by atoms with Crippen LogP contribution < -0.4 is 4.74 Å². The minimum Gasteiger partial charge on any atom is -0.494 e. The second-order valence-corrected chi connectivity index (χ2v) is 8.17. The molecule has 188 valence electrons. The Morgan fingerprint density at radius 1 is 0.853 bits per heavy atom. The fourth-order valence-corrected chi connectivity index (χ4v) is 3.50. The number of alkyl halides is 3. The smallest absolute Gasteiger partial charge is 0.391 e. The van der Waals surface area contributed by atoms with E-state index < -0.39 is 48.3 Å². The van der Waals surface area contributed by atoms with Gasteiger partial charge in [0.2, 0.25) is 0 Å². The van der Waals surface area contributed by atoms with Gasteiger partial charge in [0.1, 0.15) is 5.75 Å². The molecule has 0 N–H and O–H groups in total. The summed E-state index contributed by atoms with van der Waals surface area (Å²) >= 11 is 0. The van der Waals surface area contributed by atoms with Gasteiger partial charge in [-0.25, -0.2) is 13.6 Å². The zero-order chi connectivity index (χ0) is 25.1. The van der Waals surface area contributed by atoms with Crippen molar-refractivity contribution in [2.24, 2.45) is 5.92 Å². The van der Waals surface area contributed by atoms with Crippen molar-refractivity contribution in [3.8, 4) is 16.9 Å². The maximum absolute atomic E-state index is 14.7. The lowest BCUT2D eigenvalue weighted by Crippen LogP contribution is -2.25. The van der Waals surface area contributed by atoms with Crippen LogP contribution in [0.4, 0.5) is 22.0 Å². The normalized spacial score (nSPS) is 12.4. The van der Waals surface area contributed by atoms with E-state index in [0.717, 1.165) is 25.3 Å². The lowest BCUT2D eigenvalue weighted by Gasteiger charge is -2.19. The number of hydrogen-bond donors (Lipinski definition) is 0. The van der Waals surface area contributed by atoms with Crippen LogP contribution in [-0.2, 0) is 4.74 Å². The number of hydrogen-bond acceptors (Lipinski definition) is 3. The van der Waals surface area contributed by atoms with Gasteiger partial charge in [-0.3, -0.25) is 0 Å². The quantitative estimate of drug-likeness (QED) is 0.163. The Balaban J connectivity index is 2.02. The van der Waals surface area contributed by atoms with Crippen LogP contribution in [0.3, 0.4) is 0 Å². The highest BCUT2D eigenvalue weighted by atomic mass is 19.4. The van der Waals surface area contributed by atoms with Gasteiger partial charge in [0.15, 0.2) is 11.6 Å². The van der Waals surface area contributed by atoms with Crippen molar-refractivity contribution < 1.29 is 36.2 Å². The second-order valence-electron chi connectivity index (χ2n) is 8.17. The highest BCUT2D eigenvalue weighted by molar-refractivity contribution is 5.90. The van der Waals surface area contributed by atoms with Crippen molar-refractivity contribution in [1.29, 1.82) is 0 Å². The van der Waals surface area contributed by atoms with E-state index in [-0.39, 0.29) is 12.0 Å². The van der Waals surface area contributed by atoms with Gasteiger partial charge in [0.25, 0.3) is 0 Å². The zero-order valence-electron chi connectivity index (χ0n) is 19.5. The average molecular weight is 487 g/mol. The molecule has 0 aliphatic rings. The van der Waals surface area contributed by atoms with E-state index in [9.17, 15) is 26.7 Å². The van der Waals surface area contributed by atoms with Crippen LogP contribution in [0.25, 0.3) is 11.1 Å². The highest BCUT2D eigenvalue weighted by Crippen LogP contribution is 2.33. The standard InChI is InChI=1S/C26H31F5O3/c1-3-5-7-16-33-20-11-9-18(10-12-20)21-13-14-22(24(28)23(21)27)25(32)34-17-15-19(8-6-4-2)26(29,30)31/h9-14,19H,3-8,15-17H2,1-2H3. The van der Waals surface area contributed by atoms with Crippen LogP contribution in [0.2, 0.25) is 0 Å². The molecule has 0 aliphatic heterocycles. The number of esters is 1. The molecule has 0 amide bonds. The monoisotopic (exact) mass is 486 g/mol. The third kappa shape index (κ3) is 7.99. The molecule has 34 heavy (non-hydrogen) atoms. The predicted octanol–water partition coefficient (Wildman–Crippen LogP) is 8.12. The summed E-state index contributed by atoms with van der Waals surface area (Å²) in [6.45, 7) is 3.90. The fraction of sp³-hybridized carbons (Fsp3) is 0.500. The Morgan fingerprint density at radius 3 is 2.15 bits per heavy atom. The van der Waals surface area contributed by atoms with Crippen LogP contribution in [-0.4, -0.2) is 25.4 Å². The van der Waals surface area contributed by atoms with Crippen molar-refractivity contribution in [2.75, 3.05) is 13.2 Å². The summed E-state index contributed by atoms with van der Waals surface area (Å²) in [7, 11) is 0. The van der Waals surface area contributed by atoms with Crippen molar-refractivity contribution in [2.45, 2.75) is 65.0 Å². The number of halogens is 5. The minimum absolute atomic E-state index is 0.0525. The van der Waals surface area contributed by atoms with Crippen LogP contribution in [0.5, 0.6) is 5.75 Å². The predicted molar refractivity (Wildman–Crippen MR) is 121 cm³/mol. The molecule has 2 rings (SSSR count). The van der Waals surface area contributed by atoms with Gasteiger partial charge in [-0.05, 0) is 43.0 Å². The first-order chi connectivity index (χ1) is 16.2. The van der Waals surface area contributed by atoms with E-state index in [4.69, 9.17) is 9.47 Å². The maximum atomic E-state index is 14.7. The second kappa shape index (κ2) is 13.3. The van der Waals surface area contributed by atoms with Crippen LogP contribution in [0.1, 0.15) is 69.2 Å². The molecule has 0 saturated carbocycles. The van der Waals surface area contributed by atoms with Crippen molar-refractivity contribution >= 4 is 5.97 Å². The highest BCUT2D eigenvalue weighted by Gasteiger charge is 2.38. The molecule has 1 atom stereocenters. The van der Waals surface area contributed by atoms with Gasteiger partial charge in [0.05, 0.1) is 24.7 Å². The van der Waals surface area contributed by atoms with Crippen LogP contribution in [0, 0.1) is 17.6 Å². The lowest BCUT2D eigenvalue weighted by atomic mass is 9.98. The van der Waals surface area contributed by atoms with E-state index in [1.165, 1.54) is 6.07 Å². The van der Waals surface area contributed by atoms with E-state index in [2.05, 4.69) is 6.92 Å². The largest absolute Gasteiger partial charge is 0.494 e. The Morgan fingerprint density at radius 2 is 1.53 bits per heavy atom. The SMILES string of the molecule is CCCCCOc1ccc(-c2ccc(C(=O)OCCC(CCCC)C(F)(F)F)c(F)c2F)cc1. The number of unbranched alkanes of at least 4 members (excludes halogenated alkanes) is 3. The van der Waals surface area contributed by atoms with Crippen molar-refractivity contribution in [1.82, 2.24) is 0 Å². The van der Waals surface area contributed by atoms with Gasteiger partial charge in [0, 0.05) is 5.56 Å². The van der Waals surface area contributed by atoms with Gasteiger partial charge in [-0.2, -0.15) is 13.2 Å². The van der Waals surface area contributed by atoms with Gasteiger partial charge < -0.3 is 9.47 Å². The summed E-state index contributed by atoms with van der Waals surface area (Å²) in [4.78, 5) is 12.2. The number of benzene rings is 2. The Hall–Kier alpha value is -2.64. The summed E-state index contributed by atoms with van der Waals surface area (Å²) in [6, 6.07) is 8.78. The number of carbonyl (C=O) groups is 1. The van der Waals surface area contributed by atoms with Crippen molar-refractivity contribution in [3.63, 3.8) is 0 Å². The third-order valence-corrected chi connectivity index (χ3v) is 5.55. The van der Waals surface area contributed by atoms with Gasteiger partial charge in [-0.15, -0.1) is 0 Å². The molecule has 0 saturated heterocycles. The van der Waals surface area contributed by atoms with E-state index >= 15 is 0 Å². The van der Waals surface area contributed by atoms with Gasteiger partial charge in [-0.1, -0.05) is 57.7 Å². The number of rotatable bonds is 13. The number of ether oxygens (including phenoxy) is 2. The molecule has 0 aliphatic carbocycles. The summed E-state index contributed by atoms with van der Waals surface area (Å²) < 4.78 is 78.9. The molecule has 2 aromatic rings. The minimum atomic E-state index is -4.41. The Bertz CT molecular complexity index is 910. The summed E-state index contributed by atoms with van der Waals surface area (Å²) in [6.07, 6.45) is -0.851. The summed E-state index contributed by atoms with van der Waals surface area (Å²) in [5.41, 5.74) is -0.321. The molecule has 3 nitrogen and oxygen atoms in total. The zero-order valence-corrected chi connectivity index (χ0v) is 19.5. The average Bonchev–Trinajstić information content (AvgIpc) is 2.80. The molecule has 0 spiro atoms. The van der Waals surface area contributed by atoms with E-state index in [1.54, 1.807) is 31.2 Å². The van der Waals surface area contributed by atoms with E-state index in [0.29, 0.717) is 30.8 Å². The lowest BCUT2D eigenvalue weighted by molar-refractivity contribution is -0.180. The fourth-order valence-electron chi connectivity index (χ4n) is 3.50. The molecule has 0 fully saturated rings. The Labute approximate surface area is 197 Å². The van der Waals surface area contributed by atoms with Crippen molar-refractivity contribution in [3.05, 3.63) is 53.6 Å². The van der Waals surface area contributed by atoms with Crippen LogP contribution in [0.15, 0.2) is 36.4 Å². The maximum Gasteiger partial charge on any atom is 0.391 e. The molecule has 2 aromatic carbocycles. The first-order valence-electron chi connectivity index (χ1n) is 11.6. The molecule has 0 aromatic heterocycles. The summed E-state index contributed by atoms with van der Waals surface area (Å²) in [5.74, 6) is -4.84. The molecule has 0 heterocycles. The van der Waals surface area contributed by atoms with E-state index in [1.807, 2.05) is 0 Å². The molecular formula is C26H31F5O3. The molecule has 0 radical (unpaired) electrons. The molecule has 1 unspecified atom stereocenters. The Kier molecular flexibility index (Phi) is 10.8. The topological polar surface area (TPSA) is 35.5 Å². The molecule has 8 heteroatoms. The first kappa shape index (κ1) is 27.6. The van der Waals surface area contributed by atoms with Crippen LogP contribution >= 0.6 is 0 Å². The first-order valence-corrected chi connectivity index (χ1v) is 11.6. The third-order valence-electron chi connectivity index (χ3n) is 5.55. The molecular weight excluding hydrogens is 455 g/mol. The number of carbonyl (C=O) groups excluding carboxylic acids is 1.